The summed E-state index contributed by atoms with van der Waals surface area (Å²) in [7, 11) is 0. The highest BCUT2D eigenvalue weighted by Crippen LogP contribution is 2.66. The van der Waals surface area contributed by atoms with Gasteiger partial charge in [0.05, 0.1) is 6.10 Å². The van der Waals surface area contributed by atoms with Gasteiger partial charge in [-0.05, 0) is 85.9 Å². The van der Waals surface area contributed by atoms with Crippen LogP contribution in [0.4, 0.5) is 0 Å². The first-order valence-electron chi connectivity index (χ1n) is 9.51. The molecule has 4 aliphatic rings. The lowest BCUT2D eigenvalue weighted by atomic mass is 9.47. The molecule has 0 amide bonds. The molecule has 0 aromatic rings. The second-order valence-electron chi connectivity index (χ2n) is 9.09. The lowest BCUT2D eigenvalue weighted by Crippen LogP contribution is -2.50. The lowest BCUT2D eigenvalue weighted by molar-refractivity contribution is -0.0495. The van der Waals surface area contributed by atoms with Crippen LogP contribution in [0.15, 0.2) is 24.3 Å². The van der Waals surface area contributed by atoms with Crippen molar-refractivity contribution in [1.82, 2.24) is 0 Å². The molecular weight excluding hydrogens is 268 g/mol. The van der Waals surface area contributed by atoms with E-state index >= 15 is 0 Å². The highest BCUT2D eigenvalue weighted by atomic mass is 16.3. The number of rotatable bonds is 1. The number of allylic oxidation sites excluding steroid dienone is 2. The van der Waals surface area contributed by atoms with Gasteiger partial charge in [-0.25, -0.2) is 0 Å². The van der Waals surface area contributed by atoms with Crippen LogP contribution in [-0.4, -0.2) is 11.2 Å². The van der Waals surface area contributed by atoms with Crippen LogP contribution in [0.3, 0.4) is 0 Å². The molecule has 1 nitrogen and oxygen atoms in total. The third-order valence-electron chi connectivity index (χ3n) is 8.45. The van der Waals surface area contributed by atoms with E-state index in [1.54, 1.807) is 5.57 Å². The number of hydrogen-bond acceptors (Lipinski definition) is 1. The molecule has 0 heterocycles. The topological polar surface area (TPSA) is 20.2 Å². The smallest absolute Gasteiger partial charge is 0.0724 e. The molecule has 0 bridgehead atoms. The Hall–Kier alpha value is -0.560. The summed E-state index contributed by atoms with van der Waals surface area (Å²) in [6.45, 7) is 9.21. The van der Waals surface area contributed by atoms with Gasteiger partial charge >= 0.3 is 0 Å². The zero-order valence-electron chi connectivity index (χ0n) is 14.4. The van der Waals surface area contributed by atoms with Crippen LogP contribution in [-0.2, 0) is 0 Å². The van der Waals surface area contributed by atoms with Crippen LogP contribution in [0.1, 0.15) is 65.2 Å². The predicted molar refractivity (Wildman–Crippen MR) is 91.4 cm³/mol. The fourth-order valence-electron chi connectivity index (χ4n) is 7.14. The number of fused-ring (bicyclic) bond motifs is 5. The zero-order chi connectivity index (χ0) is 15.5. The Morgan fingerprint density at radius 3 is 2.68 bits per heavy atom. The van der Waals surface area contributed by atoms with E-state index in [9.17, 15) is 5.11 Å². The average molecular weight is 300 g/mol. The first-order chi connectivity index (χ1) is 10.5. The van der Waals surface area contributed by atoms with Gasteiger partial charge in [-0.1, -0.05) is 31.6 Å². The van der Waals surface area contributed by atoms with Crippen LogP contribution in [0, 0.1) is 34.5 Å². The van der Waals surface area contributed by atoms with Gasteiger partial charge in [-0.15, -0.1) is 6.58 Å². The van der Waals surface area contributed by atoms with Crippen molar-refractivity contribution in [1.29, 1.82) is 0 Å². The quantitative estimate of drug-likeness (QED) is 0.667. The maximum Gasteiger partial charge on any atom is 0.0724 e. The lowest BCUT2D eigenvalue weighted by Gasteiger charge is -2.58. The van der Waals surface area contributed by atoms with E-state index in [4.69, 9.17) is 0 Å². The fraction of sp³-hybridized carbons (Fsp3) is 0.810. The van der Waals surface area contributed by atoms with Gasteiger partial charge in [0.1, 0.15) is 0 Å². The van der Waals surface area contributed by atoms with Crippen molar-refractivity contribution in [3.05, 3.63) is 24.3 Å². The van der Waals surface area contributed by atoms with E-state index in [1.165, 1.54) is 44.9 Å². The predicted octanol–water partition coefficient (Wildman–Crippen LogP) is 5.11. The fourth-order valence-corrected chi connectivity index (χ4v) is 7.14. The van der Waals surface area contributed by atoms with Crippen molar-refractivity contribution in [2.45, 2.75) is 71.3 Å². The summed E-state index contributed by atoms with van der Waals surface area (Å²) in [5.74, 6) is 3.44. The van der Waals surface area contributed by atoms with E-state index < -0.39 is 0 Å². The summed E-state index contributed by atoms with van der Waals surface area (Å²) in [4.78, 5) is 0. The monoisotopic (exact) mass is 300 g/mol. The van der Waals surface area contributed by atoms with Crippen molar-refractivity contribution in [3.63, 3.8) is 0 Å². The molecule has 7 atom stereocenters. The zero-order valence-corrected chi connectivity index (χ0v) is 14.4. The van der Waals surface area contributed by atoms with Crippen molar-refractivity contribution < 1.29 is 5.11 Å². The van der Waals surface area contributed by atoms with Gasteiger partial charge < -0.3 is 5.11 Å². The number of aliphatic hydroxyl groups is 1. The summed E-state index contributed by atoms with van der Waals surface area (Å²) < 4.78 is 0. The molecule has 122 valence electrons. The van der Waals surface area contributed by atoms with E-state index in [2.05, 4.69) is 32.6 Å². The molecule has 0 aliphatic heterocycles. The highest BCUT2D eigenvalue weighted by molar-refractivity contribution is 5.25. The second kappa shape index (κ2) is 4.97. The molecule has 0 aromatic heterocycles. The Bertz CT molecular complexity index is 506. The Balaban J connectivity index is 1.67. The van der Waals surface area contributed by atoms with Crippen LogP contribution >= 0.6 is 0 Å². The van der Waals surface area contributed by atoms with E-state index in [0.717, 1.165) is 30.1 Å². The molecule has 0 saturated heterocycles. The van der Waals surface area contributed by atoms with Gasteiger partial charge in [-0.3, -0.25) is 0 Å². The largest absolute Gasteiger partial charge is 0.389 e. The average Bonchev–Trinajstić information content (AvgIpc) is 2.84. The maximum absolute atomic E-state index is 10.0. The molecule has 0 aromatic carbocycles. The molecule has 1 heteroatoms. The van der Waals surface area contributed by atoms with Gasteiger partial charge in [-0.2, -0.15) is 0 Å². The Morgan fingerprint density at radius 1 is 1.09 bits per heavy atom. The van der Waals surface area contributed by atoms with Crippen LogP contribution < -0.4 is 0 Å². The molecule has 4 rings (SSSR count). The molecule has 0 spiro atoms. The standard InChI is InChI=1S/C21H32O/c1-4-14-6-8-18-17-7-5-15-13-16(22)9-11-21(15,3)19(17)10-12-20(14,18)2/h4,13-14,16-19,22H,1,5-12H2,2-3H3/t14-,16?,17?,18?,19?,20+,21-/m0/s1. The SMILES string of the molecule is C=C[C@H]1CCC2C3CCC4=CC(O)CC[C@]4(C)C3CC[C@@]21C. The van der Waals surface area contributed by atoms with Gasteiger partial charge in [0, 0.05) is 0 Å². The maximum atomic E-state index is 10.0. The van der Waals surface area contributed by atoms with Crippen molar-refractivity contribution in [2.24, 2.45) is 34.5 Å². The first-order valence-corrected chi connectivity index (χ1v) is 9.51. The molecule has 3 fully saturated rings. The molecular formula is C21H32O. The number of hydrogen-bond donors (Lipinski definition) is 1. The Labute approximate surface area is 135 Å². The summed E-state index contributed by atoms with van der Waals surface area (Å²) in [6, 6.07) is 0. The number of aliphatic hydroxyl groups excluding tert-OH is 1. The summed E-state index contributed by atoms with van der Waals surface area (Å²) in [5, 5.41) is 10.0. The van der Waals surface area contributed by atoms with Crippen molar-refractivity contribution >= 4 is 0 Å². The third-order valence-corrected chi connectivity index (χ3v) is 8.45. The van der Waals surface area contributed by atoms with Crippen LogP contribution in [0.5, 0.6) is 0 Å². The summed E-state index contributed by atoms with van der Waals surface area (Å²) >= 11 is 0. The van der Waals surface area contributed by atoms with E-state index in [1.807, 2.05) is 0 Å². The van der Waals surface area contributed by atoms with Gasteiger partial charge in [0.25, 0.3) is 0 Å². The molecule has 3 saturated carbocycles. The third kappa shape index (κ3) is 1.87. The highest BCUT2D eigenvalue weighted by Gasteiger charge is 2.58. The molecule has 1 N–H and O–H groups in total. The van der Waals surface area contributed by atoms with Crippen LogP contribution in [0.25, 0.3) is 0 Å². The Kier molecular flexibility index (Phi) is 3.39. The van der Waals surface area contributed by atoms with E-state index in [0.29, 0.717) is 10.8 Å². The summed E-state index contributed by atoms with van der Waals surface area (Å²) in [5.41, 5.74) is 2.50. The minimum atomic E-state index is -0.176. The minimum absolute atomic E-state index is 0.176. The van der Waals surface area contributed by atoms with Crippen molar-refractivity contribution in [2.75, 3.05) is 0 Å². The first kappa shape index (κ1) is 15.0. The second-order valence-corrected chi connectivity index (χ2v) is 9.09. The minimum Gasteiger partial charge on any atom is -0.389 e. The normalized spacial score (nSPS) is 54.0. The summed E-state index contributed by atoms with van der Waals surface area (Å²) in [6.07, 6.45) is 14.6. The van der Waals surface area contributed by atoms with Crippen LogP contribution in [0.2, 0.25) is 0 Å². The molecule has 4 unspecified atom stereocenters. The Morgan fingerprint density at radius 2 is 1.91 bits per heavy atom. The van der Waals surface area contributed by atoms with Gasteiger partial charge in [0.2, 0.25) is 0 Å². The molecule has 0 radical (unpaired) electrons. The molecule has 22 heavy (non-hydrogen) atoms. The van der Waals surface area contributed by atoms with E-state index in [-0.39, 0.29) is 6.10 Å². The van der Waals surface area contributed by atoms with Crippen molar-refractivity contribution in [3.8, 4) is 0 Å². The molecule has 4 aliphatic carbocycles. The van der Waals surface area contributed by atoms with Gasteiger partial charge in [0.15, 0.2) is 0 Å².